The van der Waals surface area contributed by atoms with E-state index in [1.165, 1.54) is 0 Å². The van der Waals surface area contributed by atoms with E-state index in [0.717, 1.165) is 11.1 Å². The average molecular weight is 292 g/mol. The highest BCUT2D eigenvalue weighted by molar-refractivity contribution is 5.82. The van der Waals surface area contributed by atoms with E-state index < -0.39 is 12.0 Å². The Balaban J connectivity index is 2.56. The van der Waals surface area contributed by atoms with E-state index in [2.05, 4.69) is 15.5 Å². The topological polar surface area (TPSA) is 152 Å². The largest absolute Gasteiger partial charge is 0.480 e. The Morgan fingerprint density at radius 2 is 1.86 bits per heavy atom. The molecule has 0 heterocycles. The van der Waals surface area contributed by atoms with Gasteiger partial charge in [-0.1, -0.05) is 24.3 Å². The Bertz CT molecular complexity index is 534. The molecule has 0 fully saturated rings. The van der Waals surface area contributed by atoms with E-state index in [9.17, 15) is 4.79 Å². The van der Waals surface area contributed by atoms with Crippen LogP contribution >= 0.6 is 0 Å². The zero-order chi connectivity index (χ0) is 15.8. The molecule has 8 heteroatoms. The lowest BCUT2D eigenvalue weighted by molar-refractivity contribution is -0.138. The molecule has 1 aromatic rings. The molecular weight excluding hydrogens is 272 g/mol. The van der Waals surface area contributed by atoms with Crippen LogP contribution in [0, 0.1) is 0 Å². The van der Waals surface area contributed by atoms with Crippen LogP contribution in [0.15, 0.2) is 34.4 Å². The summed E-state index contributed by atoms with van der Waals surface area (Å²) in [5, 5.41) is 12.5. The molecule has 0 saturated heterocycles. The summed E-state index contributed by atoms with van der Waals surface area (Å²) in [5.74, 6) is -0.498. The minimum Gasteiger partial charge on any atom is -0.480 e. The zero-order valence-corrected chi connectivity index (χ0v) is 11.8. The van der Waals surface area contributed by atoms with Crippen molar-refractivity contribution in [2.75, 3.05) is 0 Å². The molecule has 1 aromatic carbocycles. The molecule has 114 valence electrons. The summed E-state index contributed by atoms with van der Waals surface area (Å²) in [7, 11) is 0. The third-order valence-corrected chi connectivity index (χ3v) is 2.57. The number of rotatable bonds is 6. The lowest BCUT2D eigenvalue weighted by Gasteiger charge is -2.07. The number of hydrogen-bond acceptors (Lipinski definition) is 4. The number of aliphatic carboxylic acids is 1. The molecule has 1 unspecified atom stereocenters. The van der Waals surface area contributed by atoms with Gasteiger partial charge in [-0.05, 0) is 24.5 Å². The molecule has 0 aliphatic heterocycles. The van der Waals surface area contributed by atoms with Gasteiger partial charge in [-0.3, -0.25) is 4.79 Å². The Morgan fingerprint density at radius 1 is 1.29 bits per heavy atom. The first kappa shape index (κ1) is 16.4. The van der Waals surface area contributed by atoms with Gasteiger partial charge in [0.25, 0.3) is 0 Å². The first-order valence-electron chi connectivity index (χ1n) is 6.30. The number of nitrogens with zero attached hydrogens (tertiary/aromatic N) is 2. The van der Waals surface area contributed by atoms with Gasteiger partial charge < -0.3 is 22.3 Å². The van der Waals surface area contributed by atoms with Gasteiger partial charge in [-0.2, -0.15) is 5.10 Å². The van der Waals surface area contributed by atoms with Gasteiger partial charge in [0.15, 0.2) is 0 Å². The van der Waals surface area contributed by atoms with Crippen LogP contribution in [0.25, 0.3) is 0 Å². The van der Waals surface area contributed by atoms with Crippen LogP contribution < -0.4 is 22.6 Å². The number of nitrogens with two attached hydrogens (primary N) is 3. The maximum atomic E-state index is 10.7. The molecule has 8 N–H and O–H groups in total. The number of benzene rings is 1. The zero-order valence-electron chi connectivity index (χ0n) is 11.8. The molecule has 1 rings (SSSR count). The quantitative estimate of drug-likeness (QED) is 0.266. The number of carbonyl (C=O) groups is 1. The summed E-state index contributed by atoms with van der Waals surface area (Å²) >= 11 is 0. The molecule has 0 aliphatic rings. The second-order valence-electron chi connectivity index (χ2n) is 4.53. The summed E-state index contributed by atoms with van der Waals surface area (Å²) < 4.78 is 0. The molecule has 0 saturated carbocycles. The molecule has 0 aromatic heterocycles. The lowest BCUT2D eigenvalue weighted by atomic mass is 10.0. The van der Waals surface area contributed by atoms with Gasteiger partial charge in [0.2, 0.25) is 5.96 Å². The highest BCUT2D eigenvalue weighted by Gasteiger charge is 2.11. The van der Waals surface area contributed by atoms with Gasteiger partial charge in [-0.25, -0.2) is 10.4 Å². The molecule has 0 spiro atoms. The standard InChI is InChI=1S/C13H20N6O2/c1-8(14)18-19-13(16)17-7-10-4-2-9(3-5-10)6-11(15)12(20)21/h2-5,11H,6-7,15H2,1H3,(H2,14,18)(H,20,21)(H3,16,17,19). The summed E-state index contributed by atoms with van der Waals surface area (Å²) in [5.41, 5.74) is 20.7. The molecule has 0 radical (unpaired) electrons. The third kappa shape index (κ3) is 6.39. The van der Waals surface area contributed by atoms with Crippen molar-refractivity contribution < 1.29 is 9.90 Å². The second kappa shape index (κ2) is 7.85. The van der Waals surface area contributed by atoms with E-state index in [-0.39, 0.29) is 12.4 Å². The minimum atomic E-state index is -1.02. The maximum absolute atomic E-state index is 10.7. The van der Waals surface area contributed by atoms with Crippen LogP contribution in [-0.2, 0) is 17.8 Å². The Morgan fingerprint density at radius 3 is 2.38 bits per heavy atom. The number of nitrogens with one attached hydrogen (secondary N) is 1. The van der Waals surface area contributed by atoms with Crippen LogP contribution in [0.3, 0.4) is 0 Å². The van der Waals surface area contributed by atoms with Crippen LogP contribution in [0.5, 0.6) is 0 Å². The molecule has 8 nitrogen and oxygen atoms in total. The average Bonchev–Trinajstić information content (AvgIpc) is 2.44. The SMILES string of the molecule is C/C(N)=N/NC(N)=NCc1ccc(CC(N)C(=O)O)cc1. The number of hydrazone groups is 1. The van der Waals surface area contributed by atoms with Crippen molar-refractivity contribution >= 4 is 17.8 Å². The number of amidine groups is 1. The first-order valence-corrected chi connectivity index (χ1v) is 6.30. The van der Waals surface area contributed by atoms with Crippen LogP contribution in [0.2, 0.25) is 0 Å². The summed E-state index contributed by atoms with van der Waals surface area (Å²) in [6, 6.07) is 6.43. The van der Waals surface area contributed by atoms with Crippen molar-refractivity contribution in [3.05, 3.63) is 35.4 Å². The van der Waals surface area contributed by atoms with Gasteiger partial charge in [0, 0.05) is 0 Å². The number of carboxylic acids is 1. The van der Waals surface area contributed by atoms with Gasteiger partial charge in [0.1, 0.15) is 11.9 Å². The van der Waals surface area contributed by atoms with Crippen molar-refractivity contribution in [1.82, 2.24) is 5.43 Å². The molecule has 1 atom stereocenters. The molecule has 0 bridgehead atoms. The Hall–Kier alpha value is -2.61. The maximum Gasteiger partial charge on any atom is 0.320 e. The Kier molecular flexibility index (Phi) is 6.15. The fourth-order valence-corrected chi connectivity index (χ4v) is 1.48. The fourth-order valence-electron chi connectivity index (χ4n) is 1.48. The highest BCUT2D eigenvalue weighted by atomic mass is 16.4. The summed E-state index contributed by atoms with van der Waals surface area (Å²) in [4.78, 5) is 14.8. The minimum absolute atomic E-state index is 0.164. The van der Waals surface area contributed by atoms with Crippen molar-refractivity contribution in [3.63, 3.8) is 0 Å². The summed E-state index contributed by atoms with van der Waals surface area (Å²) in [6.45, 7) is 2.00. The van der Waals surface area contributed by atoms with E-state index in [0.29, 0.717) is 12.4 Å². The van der Waals surface area contributed by atoms with Crippen molar-refractivity contribution in [1.29, 1.82) is 0 Å². The first-order chi connectivity index (χ1) is 9.88. The smallest absolute Gasteiger partial charge is 0.320 e. The Labute approximate surface area is 122 Å². The van der Waals surface area contributed by atoms with Gasteiger partial charge in [-0.15, -0.1) is 0 Å². The molecule has 21 heavy (non-hydrogen) atoms. The van der Waals surface area contributed by atoms with E-state index in [1.807, 2.05) is 24.3 Å². The highest BCUT2D eigenvalue weighted by Crippen LogP contribution is 2.07. The molecule has 0 amide bonds. The van der Waals surface area contributed by atoms with Crippen molar-refractivity contribution in [2.24, 2.45) is 27.3 Å². The lowest BCUT2D eigenvalue weighted by Crippen LogP contribution is -2.32. The van der Waals surface area contributed by atoms with Crippen molar-refractivity contribution in [2.45, 2.75) is 25.9 Å². The predicted octanol–water partition coefficient (Wildman–Crippen LogP) is -0.663. The third-order valence-electron chi connectivity index (χ3n) is 2.57. The van der Waals surface area contributed by atoms with Gasteiger partial charge in [0.05, 0.1) is 6.54 Å². The summed E-state index contributed by atoms with van der Waals surface area (Å²) in [6.07, 6.45) is 0.285. The monoisotopic (exact) mass is 292 g/mol. The second-order valence-corrected chi connectivity index (χ2v) is 4.53. The number of hydrogen-bond donors (Lipinski definition) is 5. The van der Waals surface area contributed by atoms with Crippen LogP contribution in [-0.4, -0.2) is 28.9 Å². The number of aliphatic imine (C=N–C) groups is 1. The molecule has 0 aliphatic carbocycles. The van der Waals surface area contributed by atoms with Crippen LogP contribution in [0.4, 0.5) is 0 Å². The van der Waals surface area contributed by atoms with Crippen LogP contribution in [0.1, 0.15) is 18.1 Å². The van der Waals surface area contributed by atoms with Crippen molar-refractivity contribution in [3.8, 4) is 0 Å². The fraction of sp³-hybridized carbons (Fsp3) is 0.308. The normalized spacial score (nSPS) is 13.8. The number of carboxylic acid groups (broad SMARTS) is 1. The van der Waals surface area contributed by atoms with E-state index in [1.54, 1.807) is 6.92 Å². The van der Waals surface area contributed by atoms with E-state index >= 15 is 0 Å². The van der Waals surface area contributed by atoms with E-state index in [4.69, 9.17) is 22.3 Å². The van der Waals surface area contributed by atoms with Gasteiger partial charge >= 0.3 is 5.97 Å². The molecular formula is C13H20N6O2. The predicted molar refractivity (Wildman–Crippen MR) is 81.5 cm³/mol. The number of guanidine groups is 1.